The van der Waals surface area contributed by atoms with Gasteiger partial charge in [0.1, 0.15) is 5.82 Å². The number of alkyl halides is 3. The van der Waals surface area contributed by atoms with E-state index in [0.717, 1.165) is 37.6 Å². The molecular weight excluding hydrogens is 517 g/mol. The highest BCUT2D eigenvalue weighted by atomic mass is 19.4. The topological polar surface area (TPSA) is 72.9 Å². The number of fused-ring (bicyclic) bond motifs is 2. The Morgan fingerprint density at radius 3 is 2.35 bits per heavy atom. The molecule has 0 fully saturated rings. The number of imidazole rings is 2. The highest BCUT2D eigenvalue weighted by Gasteiger charge is 2.38. The Hall–Kier alpha value is -4.14. The van der Waals surface area contributed by atoms with Crippen LogP contribution in [0.3, 0.4) is 0 Å². The van der Waals surface area contributed by atoms with E-state index in [1.807, 2.05) is 22.8 Å². The SMILES string of the molecule is CCCCCCn1c(C(F)(F)F)nc2cccc(-c3nc4cc(C(=O)O)ccc4n3CCCc3ccccc3)c21. The van der Waals surface area contributed by atoms with Crippen molar-refractivity contribution in [2.75, 3.05) is 0 Å². The lowest BCUT2D eigenvalue weighted by molar-refractivity contribution is -0.147. The molecule has 9 heteroatoms. The van der Waals surface area contributed by atoms with E-state index in [9.17, 15) is 23.1 Å². The number of aromatic nitrogens is 4. The molecule has 0 amide bonds. The predicted octanol–water partition coefficient (Wildman–Crippen LogP) is 7.98. The molecule has 3 aromatic carbocycles. The van der Waals surface area contributed by atoms with Crippen LogP contribution in [0, 0.1) is 0 Å². The molecule has 0 aliphatic carbocycles. The van der Waals surface area contributed by atoms with Crippen molar-refractivity contribution in [3.05, 3.63) is 83.7 Å². The lowest BCUT2D eigenvalue weighted by Crippen LogP contribution is -2.15. The van der Waals surface area contributed by atoms with Crippen LogP contribution in [0.2, 0.25) is 0 Å². The third kappa shape index (κ3) is 5.59. The maximum atomic E-state index is 14.1. The quantitative estimate of drug-likeness (QED) is 0.170. The molecule has 0 aliphatic rings. The summed E-state index contributed by atoms with van der Waals surface area (Å²) in [6.07, 6.45) is 0.330. The van der Waals surface area contributed by atoms with Crippen molar-refractivity contribution in [2.24, 2.45) is 0 Å². The molecule has 0 saturated heterocycles. The van der Waals surface area contributed by atoms with Gasteiger partial charge in [-0.1, -0.05) is 62.6 Å². The summed E-state index contributed by atoms with van der Waals surface area (Å²) >= 11 is 0. The second-order valence-electron chi connectivity index (χ2n) is 10.0. The van der Waals surface area contributed by atoms with Crippen molar-refractivity contribution < 1.29 is 23.1 Å². The molecule has 1 N–H and O–H groups in total. The van der Waals surface area contributed by atoms with Gasteiger partial charge in [0.25, 0.3) is 0 Å². The molecule has 0 atom stereocenters. The van der Waals surface area contributed by atoms with Crippen LogP contribution in [0.25, 0.3) is 33.5 Å². The van der Waals surface area contributed by atoms with Gasteiger partial charge in [0.05, 0.1) is 27.6 Å². The molecule has 0 unspecified atom stereocenters. The minimum atomic E-state index is -4.60. The number of benzene rings is 3. The standard InChI is InChI=1S/C31H31F3N4O2/c1-2-3-4-8-18-38-27-23(14-9-15-24(27)36-30(38)31(32,33)34)28-35-25-20-22(29(39)40)16-17-26(25)37(28)19-10-13-21-11-6-5-7-12-21/h5-7,9,11-12,14-17,20H,2-4,8,10,13,18-19H2,1H3,(H,39,40). The van der Waals surface area contributed by atoms with Crippen molar-refractivity contribution in [3.63, 3.8) is 0 Å². The zero-order chi connectivity index (χ0) is 28.3. The lowest BCUT2D eigenvalue weighted by Gasteiger charge is -2.14. The van der Waals surface area contributed by atoms with Crippen LogP contribution >= 0.6 is 0 Å². The number of aromatic carboxylic acids is 1. The van der Waals surface area contributed by atoms with Crippen molar-refractivity contribution in [1.29, 1.82) is 0 Å². The summed E-state index contributed by atoms with van der Waals surface area (Å²) in [5.41, 5.74) is 3.70. The van der Waals surface area contributed by atoms with E-state index in [4.69, 9.17) is 4.98 Å². The third-order valence-corrected chi connectivity index (χ3v) is 7.18. The van der Waals surface area contributed by atoms with Crippen LogP contribution in [0.5, 0.6) is 0 Å². The van der Waals surface area contributed by atoms with Gasteiger partial charge in [0, 0.05) is 18.7 Å². The van der Waals surface area contributed by atoms with Crippen molar-refractivity contribution in [2.45, 2.75) is 64.7 Å². The normalized spacial score (nSPS) is 12.0. The fourth-order valence-electron chi connectivity index (χ4n) is 5.28. The molecule has 0 bridgehead atoms. The molecule has 208 valence electrons. The molecule has 2 heterocycles. The number of aryl methyl sites for hydroxylation is 3. The number of rotatable bonds is 11. The summed E-state index contributed by atoms with van der Waals surface area (Å²) in [5.74, 6) is -1.48. The molecule has 40 heavy (non-hydrogen) atoms. The maximum Gasteiger partial charge on any atom is 0.449 e. The zero-order valence-electron chi connectivity index (χ0n) is 22.3. The molecule has 2 aromatic heterocycles. The van der Waals surface area contributed by atoms with Gasteiger partial charge >= 0.3 is 12.1 Å². The van der Waals surface area contributed by atoms with Gasteiger partial charge in [-0.25, -0.2) is 14.8 Å². The minimum absolute atomic E-state index is 0.103. The number of hydrogen-bond acceptors (Lipinski definition) is 3. The Morgan fingerprint density at radius 2 is 1.62 bits per heavy atom. The number of carboxylic acid groups (broad SMARTS) is 1. The first-order valence-corrected chi connectivity index (χ1v) is 13.6. The summed E-state index contributed by atoms with van der Waals surface area (Å²) < 4.78 is 45.7. The first kappa shape index (κ1) is 27.4. The first-order valence-electron chi connectivity index (χ1n) is 13.6. The van der Waals surface area contributed by atoms with E-state index in [0.29, 0.717) is 35.4 Å². The molecule has 0 aliphatic heterocycles. The smallest absolute Gasteiger partial charge is 0.449 e. The molecule has 5 aromatic rings. The Morgan fingerprint density at radius 1 is 0.850 bits per heavy atom. The van der Waals surface area contributed by atoms with E-state index in [1.54, 1.807) is 24.3 Å². The molecule has 5 rings (SSSR count). The largest absolute Gasteiger partial charge is 0.478 e. The van der Waals surface area contributed by atoms with E-state index in [-0.39, 0.29) is 17.6 Å². The zero-order valence-corrected chi connectivity index (χ0v) is 22.3. The third-order valence-electron chi connectivity index (χ3n) is 7.18. The van der Waals surface area contributed by atoms with Gasteiger partial charge < -0.3 is 14.2 Å². The Labute approximate surface area is 230 Å². The number of carbonyl (C=O) groups is 1. The van der Waals surface area contributed by atoms with E-state index in [1.165, 1.54) is 22.3 Å². The number of carboxylic acids is 1. The fourth-order valence-corrected chi connectivity index (χ4v) is 5.28. The van der Waals surface area contributed by atoms with Crippen LogP contribution in [0.4, 0.5) is 13.2 Å². The van der Waals surface area contributed by atoms with Crippen LogP contribution < -0.4 is 0 Å². The van der Waals surface area contributed by atoms with E-state index >= 15 is 0 Å². The van der Waals surface area contributed by atoms with Gasteiger partial charge in [-0.2, -0.15) is 13.2 Å². The average molecular weight is 549 g/mol. The molecular formula is C31H31F3N4O2. The highest BCUT2D eigenvalue weighted by molar-refractivity contribution is 5.96. The Kier molecular flexibility index (Phi) is 7.91. The first-order chi connectivity index (χ1) is 19.3. The maximum absolute atomic E-state index is 14.1. The van der Waals surface area contributed by atoms with Crippen LogP contribution in [-0.4, -0.2) is 30.2 Å². The lowest BCUT2D eigenvalue weighted by atomic mass is 10.1. The fraction of sp³-hybridized carbons (Fsp3) is 0.323. The van der Waals surface area contributed by atoms with Crippen molar-refractivity contribution in [1.82, 2.24) is 19.1 Å². The average Bonchev–Trinajstić information content (AvgIpc) is 3.50. The van der Waals surface area contributed by atoms with Gasteiger partial charge in [-0.3, -0.25) is 0 Å². The molecule has 0 spiro atoms. The second-order valence-corrected chi connectivity index (χ2v) is 10.0. The van der Waals surface area contributed by atoms with Crippen LogP contribution in [0.1, 0.15) is 60.8 Å². The van der Waals surface area contributed by atoms with E-state index in [2.05, 4.69) is 24.0 Å². The number of nitrogens with zero attached hydrogens (tertiary/aromatic N) is 4. The Bertz CT molecular complexity index is 1640. The predicted molar refractivity (Wildman–Crippen MR) is 149 cm³/mol. The summed E-state index contributed by atoms with van der Waals surface area (Å²) in [4.78, 5) is 20.5. The summed E-state index contributed by atoms with van der Waals surface area (Å²) in [6, 6.07) is 19.9. The number of hydrogen-bond donors (Lipinski definition) is 1. The number of halogens is 3. The summed E-state index contributed by atoms with van der Waals surface area (Å²) in [5, 5.41) is 9.53. The summed E-state index contributed by atoms with van der Waals surface area (Å²) in [7, 11) is 0. The second kappa shape index (κ2) is 11.5. The molecule has 0 saturated carbocycles. The van der Waals surface area contributed by atoms with Gasteiger partial charge in [0.2, 0.25) is 5.82 Å². The van der Waals surface area contributed by atoms with Crippen molar-refractivity contribution >= 4 is 28.0 Å². The monoisotopic (exact) mass is 548 g/mol. The van der Waals surface area contributed by atoms with Gasteiger partial charge in [-0.05, 0) is 55.2 Å². The number of para-hydroxylation sites is 1. The van der Waals surface area contributed by atoms with Gasteiger partial charge in [-0.15, -0.1) is 0 Å². The highest BCUT2D eigenvalue weighted by Crippen LogP contribution is 2.37. The minimum Gasteiger partial charge on any atom is -0.478 e. The van der Waals surface area contributed by atoms with Crippen LogP contribution in [-0.2, 0) is 25.7 Å². The van der Waals surface area contributed by atoms with E-state index < -0.39 is 18.0 Å². The van der Waals surface area contributed by atoms with Crippen molar-refractivity contribution in [3.8, 4) is 11.4 Å². The summed E-state index contributed by atoms with van der Waals surface area (Å²) in [6.45, 7) is 2.81. The van der Waals surface area contributed by atoms with Crippen LogP contribution in [0.15, 0.2) is 66.7 Å². The molecule has 6 nitrogen and oxygen atoms in total. The molecule has 0 radical (unpaired) electrons. The number of unbranched alkanes of at least 4 members (excludes halogenated alkanes) is 3. The van der Waals surface area contributed by atoms with Gasteiger partial charge in [0.15, 0.2) is 0 Å². The Balaban J connectivity index is 1.65.